The highest BCUT2D eigenvalue weighted by atomic mass is 32.2. The predicted molar refractivity (Wildman–Crippen MR) is 145 cm³/mol. The number of hydrogen-bond donors (Lipinski definition) is 1. The molecule has 0 aliphatic heterocycles. The van der Waals surface area contributed by atoms with E-state index in [4.69, 9.17) is 18.9 Å². The van der Waals surface area contributed by atoms with E-state index in [1.54, 1.807) is 36.4 Å². The molecule has 0 fully saturated rings. The topological polar surface area (TPSA) is 100 Å². The zero-order valence-electron chi connectivity index (χ0n) is 21.1. The quantitative estimate of drug-likeness (QED) is 0.355. The van der Waals surface area contributed by atoms with Crippen LogP contribution in [0.5, 0.6) is 23.0 Å². The highest BCUT2D eigenvalue weighted by Gasteiger charge is 2.15. The minimum atomic E-state index is -3.70. The van der Waals surface area contributed by atoms with Crippen LogP contribution in [-0.4, -0.2) is 42.8 Å². The van der Waals surface area contributed by atoms with Gasteiger partial charge in [0, 0.05) is 23.6 Å². The van der Waals surface area contributed by atoms with Crippen LogP contribution in [0.25, 0.3) is 12.2 Å². The Morgan fingerprint density at radius 3 is 2.05 bits per heavy atom. The Morgan fingerprint density at radius 2 is 1.46 bits per heavy atom. The number of nitrogens with one attached hydrogen (secondary N) is 1. The molecular weight excluding hydrogens is 494 g/mol. The summed E-state index contributed by atoms with van der Waals surface area (Å²) in [5.74, 6) is 1.06. The van der Waals surface area contributed by atoms with Crippen molar-refractivity contribution in [3.63, 3.8) is 0 Å². The fourth-order valence-electron chi connectivity index (χ4n) is 3.50. The van der Waals surface area contributed by atoms with Crippen LogP contribution in [-0.2, 0) is 20.4 Å². The van der Waals surface area contributed by atoms with Crippen molar-refractivity contribution in [2.75, 3.05) is 33.8 Å². The zero-order valence-corrected chi connectivity index (χ0v) is 21.9. The van der Waals surface area contributed by atoms with E-state index in [1.807, 2.05) is 30.3 Å². The Kier molecular flexibility index (Phi) is 9.34. The number of carbonyl (C=O) groups is 1. The highest BCUT2D eigenvalue weighted by molar-refractivity contribution is 7.93. The van der Waals surface area contributed by atoms with Crippen LogP contribution in [0.4, 0.5) is 5.69 Å². The van der Waals surface area contributed by atoms with Gasteiger partial charge in [-0.25, -0.2) is 8.42 Å². The van der Waals surface area contributed by atoms with Crippen LogP contribution in [0.3, 0.4) is 0 Å². The van der Waals surface area contributed by atoms with Crippen molar-refractivity contribution in [3.05, 3.63) is 88.8 Å². The first kappa shape index (κ1) is 27.3. The number of benzene rings is 3. The molecule has 0 saturated heterocycles. The lowest BCUT2D eigenvalue weighted by Gasteiger charge is -2.13. The van der Waals surface area contributed by atoms with Crippen LogP contribution in [0.1, 0.15) is 16.7 Å². The second-order valence-electron chi connectivity index (χ2n) is 7.82. The lowest BCUT2D eigenvalue weighted by Crippen LogP contribution is -2.10. The maximum Gasteiger partial charge on any atom is 0.248 e. The van der Waals surface area contributed by atoms with Crippen molar-refractivity contribution < 1.29 is 32.2 Å². The highest BCUT2D eigenvalue weighted by Crippen LogP contribution is 2.35. The second-order valence-corrected chi connectivity index (χ2v) is 9.71. The minimum Gasteiger partial charge on any atom is -0.496 e. The summed E-state index contributed by atoms with van der Waals surface area (Å²) in [6.07, 6.45) is 4.51. The second kappa shape index (κ2) is 12.6. The Hall–Kier alpha value is -4.24. The standard InChI is InChI=1S/C28H29NO7S/c1-33-22-17-26(35-3)23(27(18-22)36-4)14-15-37(31,32)19-21-10-12-25(34-2)24(16-21)29-28(30)13-11-20-8-6-5-7-9-20/h5-18H,19H2,1-4H3,(H,29,30). The molecule has 8 nitrogen and oxygen atoms in total. The van der Waals surface area contributed by atoms with E-state index in [0.717, 1.165) is 11.0 Å². The lowest BCUT2D eigenvalue weighted by molar-refractivity contribution is -0.111. The number of anilines is 1. The van der Waals surface area contributed by atoms with Crippen LogP contribution >= 0.6 is 0 Å². The van der Waals surface area contributed by atoms with Crippen LogP contribution < -0.4 is 24.3 Å². The smallest absolute Gasteiger partial charge is 0.248 e. The Balaban J connectivity index is 1.80. The molecule has 1 N–H and O–H groups in total. The minimum absolute atomic E-state index is 0.295. The van der Waals surface area contributed by atoms with Gasteiger partial charge in [-0.15, -0.1) is 0 Å². The SMILES string of the molecule is COc1cc(OC)c(C=CS(=O)(=O)Cc2ccc(OC)c(NC(=O)C=Cc3ccccc3)c2)c(OC)c1. The van der Waals surface area contributed by atoms with Crippen molar-refractivity contribution in [2.45, 2.75) is 5.75 Å². The first-order chi connectivity index (χ1) is 17.8. The average Bonchev–Trinajstić information content (AvgIpc) is 2.90. The summed E-state index contributed by atoms with van der Waals surface area (Å²) in [4.78, 5) is 12.5. The summed E-state index contributed by atoms with van der Waals surface area (Å²) in [5.41, 5.74) is 2.17. The van der Waals surface area contributed by atoms with Gasteiger partial charge in [0.25, 0.3) is 0 Å². The number of amides is 1. The van der Waals surface area contributed by atoms with E-state index in [9.17, 15) is 13.2 Å². The van der Waals surface area contributed by atoms with E-state index in [-0.39, 0.29) is 11.7 Å². The first-order valence-corrected chi connectivity index (χ1v) is 12.9. The van der Waals surface area contributed by atoms with Crippen molar-refractivity contribution in [1.29, 1.82) is 0 Å². The number of methoxy groups -OCH3 is 4. The molecule has 0 radical (unpaired) electrons. The Morgan fingerprint density at radius 1 is 0.811 bits per heavy atom. The van der Waals surface area contributed by atoms with Crippen molar-refractivity contribution >= 4 is 33.6 Å². The molecule has 1 amide bonds. The molecule has 194 valence electrons. The fraction of sp³-hybridized carbons (Fsp3) is 0.179. The van der Waals surface area contributed by atoms with E-state index in [2.05, 4.69) is 5.32 Å². The van der Waals surface area contributed by atoms with Crippen molar-refractivity contribution in [1.82, 2.24) is 0 Å². The van der Waals surface area contributed by atoms with Gasteiger partial charge in [-0.2, -0.15) is 0 Å². The normalized spacial score (nSPS) is 11.5. The third-order valence-corrected chi connectivity index (χ3v) is 6.60. The number of carbonyl (C=O) groups excluding carboxylic acids is 1. The Labute approximate surface area is 217 Å². The lowest BCUT2D eigenvalue weighted by atomic mass is 10.1. The molecule has 0 heterocycles. The molecule has 0 aliphatic carbocycles. The molecular formula is C28H29NO7S. The van der Waals surface area contributed by atoms with Gasteiger partial charge >= 0.3 is 0 Å². The molecule has 0 unspecified atom stereocenters. The monoisotopic (exact) mass is 523 g/mol. The first-order valence-electron chi connectivity index (χ1n) is 11.2. The molecule has 0 atom stereocenters. The van der Waals surface area contributed by atoms with Crippen LogP contribution in [0.15, 0.2) is 72.1 Å². The molecule has 0 aromatic heterocycles. The molecule has 0 spiro atoms. The summed E-state index contributed by atoms with van der Waals surface area (Å²) in [5, 5.41) is 3.85. The third kappa shape index (κ3) is 7.62. The third-order valence-electron chi connectivity index (χ3n) is 5.31. The molecule has 0 aliphatic rings. The average molecular weight is 524 g/mol. The zero-order chi connectivity index (χ0) is 26.8. The van der Waals surface area contributed by atoms with E-state index >= 15 is 0 Å². The number of hydrogen-bond acceptors (Lipinski definition) is 7. The van der Waals surface area contributed by atoms with Crippen LogP contribution in [0.2, 0.25) is 0 Å². The van der Waals surface area contributed by atoms with Gasteiger partial charge in [-0.05, 0) is 35.4 Å². The largest absolute Gasteiger partial charge is 0.496 e. The predicted octanol–water partition coefficient (Wildman–Crippen LogP) is 4.96. The van der Waals surface area contributed by atoms with E-state index in [1.165, 1.54) is 40.6 Å². The summed E-state index contributed by atoms with van der Waals surface area (Å²) in [6.45, 7) is 0. The molecule has 3 rings (SSSR count). The van der Waals surface area contributed by atoms with Gasteiger partial charge in [0.1, 0.15) is 23.0 Å². The van der Waals surface area contributed by atoms with Gasteiger partial charge in [0.2, 0.25) is 5.91 Å². The van der Waals surface area contributed by atoms with Crippen molar-refractivity contribution in [3.8, 4) is 23.0 Å². The van der Waals surface area contributed by atoms with Crippen LogP contribution in [0, 0.1) is 0 Å². The van der Waals surface area contributed by atoms with E-state index in [0.29, 0.717) is 39.8 Å². The summed E-state index contributed by atoms with van der Waals surface area (Å²) in [6, 6.07) is 17.5. The van der Waals surface area contributed by atoms with Gasteiger partial charge in [0.05, 0.1) is 45.4 Å². The maximum absolute atomic E-state index is 12.9. The summed E-state index contributed by atoms with van der Waals surface area (Å²) in [7, 11) is 2.23. The van der Waals surface area contributed by atoms with Crippen molar-refractivity contribution in [2.24, 2.45) is 0 Å². The van der Waals surface area contributed by atoms with Gasteiger partial charge < -0.3 is 24.3 Å². The summed E-state index contributed by atoms with van der Waals surface area (Å²) >= 11 is 0. The maximum atomic E-state index is 12.9. The Bertz CT molecular complexity index is 1370. The summed E-state index contributed by atoms with van der Waals surface area (Å²) < 4.78 is 47.1. The van der Waals surface area contributed by atoms with Gasteiger partial charge in [-0.3, -0.25) is 4.79 Å². The molecule has 0 saturated carbocycles. The molecule has 0 bridgehead atoms. The molecule has 37 heavy (non-hydrogen) atoms. The molecule has 3 aromatic rings. The number of sulfone groups is 1. The molecule has 9 heteroatoms. The van der Waals surface area contributed by atoms with Gasteiger partial charge in [-0.1, -0.05) is 36.4 Å². The number of rotatable bonds is 11. The van der Waals surface area contributed by atoms with Gasteiger partial charge in [0.15, 0.2) is 9.84 Å². The fourth-order valence-corrected chi connectivity index (χ4v) is 4.59. The number of ether oxygens (including phenoxy) is 4. The molecule has 3 aromatic carbocycles. The van der Waals surface area contributed by atoms with E-state index < -0.39 is 9.84 Å².